The van der Waals surface area contributed by atoms with Gasteiger partial charge < -0.3 is 19.2 Å². The number of carbonyl (C=O) groups is 2. The molecule has 0 aliphatic carbocycles. The molecule has 1 atom stereocenters. The fraction of sp³-hybridized carbons (Fsp3) is 0.500. The van der Waals surface area contributed by atoms with Crippen molar-refractivity contribution < 1.29 is 33.1 Å². The van der Waals surface area contributed by atoms with Crippen LogP contribution in [0, 0.1) is 11.2 Å². The van der Waals surface area contributed by atoms with Gasteiger partial charge in [0.25, 0.3) is 0 Å². The minimum atomic E-state index is -1.09. The molecule has 1 aliphatic rings. The lowest BCUT2D eigenvalue weighted by Gasteiger charge is -2.26. The second-order valence-corrected chi connectivity index (χ2v) is 6.86. The van der Waals surface area contributed by atoms with Gasteiger partial charge in [0.1, 0.15) is 17.1 Å². The molecule has 0 bridgehead atoms. The molecule has 8 heteroatoms. The SMILES string of the molecule is CC1Cc2cc(F)cc(C(=O)OCOC(=O)C(C)(C)C)c2OB1O. The smallest absolute Gasteiger partial charge is 0.525 e. The highest BCUT2D eigenvalue weighted by Gasteiger charge is 2.34. The topological polar surface area (TPSA) is 82.1 Å². The van der Waals surface area contributed by atoms with E-state index in [0.717, 1.165) is 6.07 Å². The molecule has 1 unspecified atom stereocenters. The average molecular weight is 338 g/mol. The van der Waals surface area contributed by atoms with Crippen molar-refractivity contribution in [2.24, 2.45) is 5.41 Å². The second-order valence-electron chi connectivity index (χ2n) is 6.86. The number of carbonyl (C=O) groups excluding carboxylic acids is 2. The van der Waals surface area contributed by atoms with E-state index in [9.17, 15) is 19.0 Å². The van der Waals surface area contributed by atoms with E-state index in [0.29, 0.717) is 12.0 Å². The molecule has 1 aromatic rings. The Hall–Kier alpha value is -2.09. The zero-order chi connectivity index (χ0) is 18.1. The molecule has 0 aromatic heterocycles. The first kappa shape index (κ1) is 18.3. The molecule has 0 saturated heterocycles. The van der Waals surface area contributed by atoms with Gasteiger partial charge in [0, 0.05) is 5.82 Å². The van der Waals surface area contributed by atoms with Crippen molar-refractivity contribution in [2.45, 2.75) is 39.9 Å². The third-order valence-electron chi connectivity index (χ3n) is 3.61. The summed E-state index contributed by atoms with van der Waals surface area (Å²) in [6, 6.07) is 2.23. The van der Waals surface area contributed by atoms with Gasteiger partial charge in [-0.1, -0.05) is 6.92 Å². The molecule has 0 amide bonds. The number of esters is 2. The number of fused-ring (bicyclic) bond motifs is 1. The van der Waals surface area contributed by atoms with Gasteiger partial charge in [-0.3, -0.25) is 4.79 Å². The van der Waals surface area contributed by atoms with Crippen LogP contribution in [0.5, 0.6) is 5.75 Å². The summed E-state index contributed by atoms with van der Waals surface area (Å²) in [4.78, 5) is 23.8. The maximum atomic E-state index is 13.7. The average Bonchev–Trinajstić information content (AvgIpc) is 2.47. The first-order valence-electron chi connectivity index (χ1n) is 7.61. The maximum absolute atomic E-state index is 13.7. The Morgan fingerprint density at radius 3 is 2.67 bits per heavy atom. The number of hydrogen-bond donors (Lipinski definition) is 1. The van der Waals surface area contributed by atoms with Crippen LogP contribution in [0.3, 0.4) is 0 Å². The maximum Gasteiger partial charge on any atom is 0.525 e. The van der Waals surface area contributed by atoms with E-state index in [1.165, 1.54) is 6.07 Å². The van der Waals surface area contributed by atoms with E-state index in [2.05, 4.69) is 0 Å². The van der Waals surface area contributed by atoms with Gasteiger partial charge in [-0.25, -0.2) is 9.18 Å². The van der Waals surface area contributed by atoms with E-state index in [-0.39, 0.29) is 17.1 Å². The number of rotatable bonds is 3. The van der Waals surface area contributed by atoms with Gasteiger partial charge in [-0.15, -0.1) is 0 Å². The molecular weight excluding hydrogens is 318 g/mol. The van der Waals surface area contributed by atoms with Crippen LogP contribution in [0.2, 0.25) is 5.82 Å². The monoisotopic (exact) mass is 338 g/mol. The van der Waals surface area contributed by atoms with Crippen LogP contribution in [0.4, 0.5) is 4.39 Å². The van der Waals surface area contributed by atoms with Gasteiger partial charge in [-0.05, 0) is 44.9 Å². The van der Waals surface area contributed by atoms with E-state index in [4.69, 9.17) is 14.1 Å². The Balaban J connectivity index is 2.11. The van der Waals surface area contributed by atoms with Gasteiger partial charge in [0.05, 0.1) is 5.41 Å². The normalized spacial score (nSPS) is 16.9. The van der Waals surface area contributed by atoms with Crippen molar-refractivity contribution in [3.8, 4) is 5.75 Å². The molecule has 0 radical (unpaired) electrons. The standard InChI is InChI=1S/C16H20BFO6/c1-9-5-10-6-11(18)7-12(13(10)24-17(9)21)14(19)22-8-23-15(20)16(2,3)4/h6-7,9,21H,5,8H2,1-4H3. The highest BCUT2D eigenvalue weighted by molar-refractivity contribution is 6.46. The summed E-state index contributed by atoms with van der Waals surface area (Å²) < 4.78 is 28.8. The summed E-state index contributed by atoms with van der Waals surface area (Å²) in [6.45, 7) is 6.16. The molecule has 0 saturated carbocycles. The molecule has 24 heavy (non-hydrogen) atoms. The van der Waals surface area contributed by atoms with Gasteiger partial charge in [0.15, 0.2) is 0 Å². The third-order valence-corrected chi connectivity index (χ3v) is 3.61. The predicted octanol–water partition coefficient (Wildman–Crippen LogP) is 2.33. The molecule has 0 spiro atoms. The minimum Gasteiger partial charge on any atom is -0.535 e. The molecule has 1 aromatic carbocycles. The van der Waals surface area contributed by atoms with Crippen LogP contribution in [0.15, 0.2) is 12.1 Å². The summed E-state index contributed by atoms with van der Waals surface area (Å²) in [5.74, 6) is -2.17. The van der Waals surface area contributed by atoms with Crippen LogP contribution >= 0.6 is 0 Å². The Labute approximate surface area is 140 Å². The lowest BCUT2D eigenvalue weighted by molar-refractivity contribution is -0.161. The Morgan fingerprint density at radius 2 is 2.04 bits per heavy atom. The quantitative estimate of drug-likeness (QED) is 0.518. The molecule has 1 aliphatic heterocycles. The lowest BCUT2D eigenvalue weighted by atomic mass is 9.68. The van der Waals surface area contributed by atoms with Crippen molar-refractivity contribution in [3.63, 3.8) is 0 Å². The van der Waals surface area contributed by atoms with E-state index in [1.54, 1.807) is 27.7 Å². The second kappa shape index (κ2) is 6.80. The number of benzene rings is 1. The van der Waals surface area contributed by atoms with Crippen LogP contribution < -0.4 is 4.65 Å². The number of halogens is 1. The summed E-state index contributed by atoms with van der Waals surface area (Å²) in [5.41, 5.74) is -0.400. The molecule has 130 valence electrons. The first-order chi connectivity index (χ1) is 11.1. The predicted molar refractivity (Wildman–Crippen MR) is 84.0 cm³/mol. The Kier molecular flexibility index (Phi) is 5.18. The van der Waals surface area contributed by atoms with E-state index < -0.39 is 37.1 Å². The summed E-state index contributed by atoms with van der Waals surface area (Å²) in [5, 5.41) is 9.80. The van der Waals surface area contributed by atoms with Crippen molar-refractivity contribution in [1.29, 1.82) is 0 Å². The molecular formula is C16H20BFO6. The molecule has 1 N–H and O–H groups in total. The molecule has 0 fully saturated rings. The third kappa shape index (κ3) is 4.06. The highest BCUT2D eigenvalue weighted by Crippen LogP contribution is 2.35. The molecule has 1 heterocycles. The minimum absolute atomic E-state index is 0.0918. The van der Waals surface area contributed by atoms with Gasteiger partial charge in [0.2, 0.25) is 6.79 Å². The highest BCUT2D eigenvalue weighted by atomic mass is 19.1. The fourth-order valence-electron chi connectivity index (χ4n) is 2.21. The van der Waals surface area contributed by atoms with Crippen molar-refractivity contribution in [3.05, 3.63) is 29.1 Å². The number of hydrogen-bond acceptors (Lipinski definition) is 6. The molecule has 6 nitrogen and oxygen atoms in total. The van der Waals surface area contributed by atoms with Gasteiger partial charge in [-0.2, -0.15) is 0 Å². The molecule has 2 rings (SSSR count). The zero-order valence-corrected chi connectivity index (χ0v) is 14.1. The van der Waals surface area contributed by atoms with Crippen LogP contribution in [-0.4, -0.2) is 30.9 Å². The van der Waals surface area contributed by atoms with Crippen LogP contribution in [0.25, 0.3) is 0 Å². The van der Waals surface area contributed by atoms with Crippen molar-refractivity contribution in [2.75, 3.05) is 6.79 Å². The van der Waals surface area contributed by atoms with E-state index in [1.807, 2.05) is 0 Å². The first-order valence-corrected chi connectivity index (χ1v) is 7.61. The van der Waals surface area contributed by atoms with Crippen molar-refractivity contribution >= 4 is 19.1 Å². The van der Waals surface area contributed by atoms with E-state index >= 15 is 0 Å². The van der Waals surface area contributed by atoms with Gasteiger partial charge >= 0.3 is 19.1 Å². The van der Waals surface area contributed by atoms with Crippen LogP contribution in [-0.2, 0) is 20.7 Å². The summed E-state index contributed by atoms with van der Waals surface area (Å²) in [7, 11) is -1.09. The lowest BCUT2D eigenvalue weighted by Crippen LogP contribution is -2.33. The fourth-order valence-corrected chi connectivity index (χ4v) is 2.21. The largest absolute Gasteiger partial charge is 0.535 e. The van der Waals surface area contributed by atoms with Crippen molar-refractivity contribution in [1.82, 2.24) is 0 Å². The Morgan fingerprint density at radius 1 is 1.38 bits per heavy atom. The summed E-state index contributed by atoms with van der Waals surface area (Å²) >= 11 is 0. The zero-order valence-electron chi connectivity index (χ0n) is 14.1. The number of ether oxygens (including phenoxy) is 2. The Bertz CT molecular complexity index is 655. The summed E-state index contributed by atoms with van der Waals surface area (Å²) in [6.07, 6.45) is 0.369. The van der Waals surface area contributed by atoms with Crippen LogP contribution in [0.1, 0.15) is 43.6 Å².